The number of Topliss-reactive ketones (excluding diaryl/α,β-unsaturated/α-hetero) is 1. The lowest BCUT2D eigenvalue weighted by molar-refractivity contribution is -0.111. The first-order valence-electron chi connectivity index (χ1n) is 6.60. The molecule has 0 aromatic heterocycles. The second kappa shape index (κ2) is 5.63. The van der Waals surface area contributed by atoms with Gasteiger partial charge in [0.05, 0.1) is 12.6 Å². The number of carbonyl (C=O) groups excluding carboxylic acids is 1. The van der Waals surface area contributed by atoms with Gasteiger partial charge in [0, 0.05) is 19.6 Å². The smallest absolute Gasteiger partial charge is 0.194 e. The van der Waals surface area contributed by atoms with Gasteiger partial charge in [-0.2, -0.15) is 0 Å². The zero-order valence-corrected chi connectivity index (χ0v) is 10.7. The summed E-state index contributed by atoms with van der Waals surface area (Å²) in [5.41, 5.74) is 0. The summed E-state index contributed by atoms with van der Waals surface area (Å²) in [5.74, 6) is 1.26. The number of rotatable bonds is 5. The fourth-order valence-corrected chi connectivity index (χ4v) is 2.53. The Morgan fingerprint density at radius 1 is 1.41 bits per heavy atom. The zero-order chi connectivity index (χ0) is 12.3. The van der Waals surface area contributed by atoms with Gasteiger partial charge in [0.25, 0.3) is 0 Å². The number of nitrogens with zero attached hydrogens (tertiary/aromatic N) is 1. The number of carbonyl (C=O) groups is 1. The third-order valence-electron chi connectivity index (χ3n) is 3.69. The minimum atomic E-state index is 0.00939. The van der Waals surface area contributed by atoms with Crippen LogP contribution in [0.5, 0.6) is 0 Å². The second-order valence-corrected chi connectivity index (χ2v) is 5.22. The molecule has 0 aromatic rings. The molecule has 0 bridgehead atoms. The average molecular weight is 238 g/mol. The SMILES string of the molecule is CC(=O)C1=NC(COCC2CCCC2)C(C)N1. The molecule has 1 aliphatic carbocycles. The van der Waals surface area contributed by atoms with Gasteiger partial charge in [-0.15, -0.1) is 0 Å². The van der Waals surface area contributed by atoms with E-state index in [-0.39, 0.29) is 17.9 Å². The topological polar surface area (TPSA) is 50.7 Å². The molecule has 0 spiro atoms. The molecule has 17 heavy (non-hydrogen) atoms. The molecule has 0 aromatic carbocycles. The van der Waals surface area contributed by atoms with Crippen LogP contribution in [0.2, 0.25) is 0 Å². The molecule has 2 unspecified atom stereocenters. The molecule has 2 rings (SSSR count). The van der Waals surface area contributed by atoms with Gasteiger partial charge in [-0.3, -0.25) is 9.79 Å². The Morgan fingerprint density at radius 2 is 2.12 bits per heavy atom. The van der Waals surface area contributed by atoms with E-state index >= 15 is 0 Å². The Morgan fingerprint density at radius 3 is 2.71 bits per heavy atom. The number of hydrogen-bond acceptors (Lipinski definition) is 4. The van der Waals surface area contributed by atoms with Crippen LogP contribution in [-0.4, -0.2) is 36.9 Å². The highest BCUT2D eigenvalue weighted by atomic mass is 16.5. The highest BCUT2D eigenvalue weighted by molar-refractivity contribution is 6.38. The molecule has 1 aliphatic heterocycles. The van der Waals surface area contributed by atoms with Crippen molar-refractivity contribution >= 4 is 11.6 Å². The van der Waals surface area contributed by atoms with E-state index in [1.165, 1.54) is 25.7 Å². The van der Waals surface area contributed by atoms with Crippen LogP contribution in [0, 0.1) is 5.92 Å². The van der Waals surface area contributed by atoms with Crippen LogP contribution in [0.15, 0.2) is 4.99 Å². The maximum atomic E-state index is 11.2. The molecule has 0 amide bonds. The van der Waals surface area contributed by atoms with Gasteiger partial charge < -0.3 is 10.1 Å². The molecule has 1 heterocycles. The number of nitrogens with one attached hydrogen (secondary N) is 1. The van der Waals surface area contributed by atoms with Crippen LogP contribution in [0.25, 0.3) is 0 Å². The van der Waals surface area contributed by atoms with Crippen LogP contribution in [-0.2, 0) is 9.53 Å². The Labute approximate surface area is 103 Å². The molecule has 2 atom stereocenters. The molecular formula is C13H22N2O2. The summed E-state index contributed by atoms with van der Waals surface area (Å²) in [6.45, 7) is 5.07. The highest BCUT2D eigenvalue weighted by Crippen LogP contribution is 2.24. The van der Waals surface area contributed by atoms with E-state index < -0.39 is 0 Å². The summed E-state index contributed by atoms with van der Waals surface area (Å²) in [4.78, 5) is 15.5. The van der Waals surface area contributed by atoms with Crippen molar-refractivity contribution in [2.75, 3.05) is 13.2 Å². The van der Waals surface area contributed by atoms with Crippen molar-refractivity contribution in [3.63, 3.8) is 0 Å². The quantitative estimate of drug-likeness (QED) is 0.790. The van der Waals surface area contributed by atoms with E-state index in [0.717, 1.165) is 12.5 Å². The molecule has 1 N–H and O–H groups in total. The lowest BCUT2D eigenvalue weighted by Gasteiger charge is -2.15. The van der Waals surface area contributed by atoms with Crippen LogP contribution < -0.4 is 5.32 Å². The van der Waals surface area contributed by atoms with Crippen LogP contribution in [0.1, 0.15) is 39.5 Å². The molecule has 2 aliphatic rings. The van der Waals surface area contributed by atoms with Gasteiger partial charge in [0.2, 0.25) is 0 Å². The summed E-state index contributed by atoms with van der Waals surface area (Å²) < 4.78 is 5.74. The number of aliphatic imine (C=N–C) groups is 1. The van der Waals surface area contributed by atoms with E-state index in [9.17, 15) is 4.79 Å². The number of amidine groups is 1. The molecule has 4 heteroatoms. The summed E-state index contributed by atoms with van der Waals surface area (Å²) in [7, 11) is 0. The first-order valence-corrected chi connectivity index (χ1v) is 6.60. The van der Waals surface area contributed by atoms with E-state index in [1.807, 2.05) is 6.92 Å². The summed E-state index contributed by atoms with van der Waals surface area (Å²) in [6, 6.07) is 0.299. The predicted octanol–water partition coefficient (Wildman–Crippen LogP) is 1.54. The Balaban J connectivity index is 1.73. The van der Waals surface area contributed by atoms with Crippen molar-refractivity contribution in [2.45, 2.75) is 51.6 Å². The van der Waals surface area contributed by atoms with Gasteiger partial charge in [-0.25, -0.2) is 0 Å². The molecule has 4 nitrogen and oxygen atoms in total. The third kappa shape index (κ3) is 3.28. The molecule has 1 fully saturated rings. The minimum absolute atomic E-state index is 0.00939. The molecular weight excluding hydrogens is 216 g/mol. The van der Waals surface area contributed by atoms with Crippen LogP contribution in [0.3, 0.4) is 0 Å². The lowest BCUT2D eigenvalue weighted by atomic mass is 10.1. The van der Waals surface area contributed by atoms with Crippen molar-refractivity contribution in [2.24, 2.45) is 10.9 Å². The van der Waals surface area contributed by atoms with Crippen LogP contribution in [0.4, 0.5) is 0 Å². The Bertz CT molecular complexity index is 309. The van der Waals surface area contributed by atoms with Crippen molar-refractivity contribution in [3.8, 4) is 0 Å². The van der Waals surface area contributed by atoms with Crippen molar-refractivity contribution in [3.05, 3.63) is 0 Å². The zero-order valence-electron chi connectivity index (χ0n) is 10.7. The second-order valence-electron chi connectivity index (χ2n) is 5.22. The largest absolute Gasteiger partial charge is 0.379 e. The van der Waals surface area contributed by atoms with E-state index in [0.29, 0.717) is 12.4 Å². The first kappa shape index (κ1) is 12.6. The molecule has 96 valence electrons. The molecule has 0 radical (unpaired) electrons. The van der Waals surface area contributed by atoms with Gasteiger partial charge in [-0.05, 0) is 25.7 Å². The summed E-state index contributed by atoms with van der Waals surface area (Å²) in [6.07, 6.45) is 5.31. The normalized spacial score (nSPS) is 29.2. The fraction of sp³-hybridized carbons (Fsp3) is 0.846. The first-order chi connectivity index (χ1) is 8.16. The summed E-state index contributed by atoms with van der Waals surface area (Å²) >= 11 is 0. The van der Waals surface area contributed by atoms with Gasteiger partial charge in [0.1, 0.15) is 0 Å². The average Bonchev–Trinajstić information content (AvgIpc) is 2.89. The van der Waals surface area contributed by atoms with Gasteiger partial charge >= 0.3 is 0 Å². The fourth-order valence-electron chi connectivity index (χ4n) is 2.53. The minimum Gasteiger partial charge on any atom is -0.379 e. The van der Waals surface area contributed by atoms with Crippen molar-refractivity contribution in [1.82, 2.24) is 5.32 Å². The predicted molar refractivity (Wildman–Crippen MR) is 67.3 cm³/mol. The van der Waals surface area contributed by atoms with E-state index in [4.69, 9.17) is 4.74 Å². The third-order valence-corrected chi connectivity index (χ3v) is 3.69. The molecule has 0 saturated heterocycles. The number of hydrogen-bond donors (Lipinski definition) is 1. The number of ether oxygens (including phenoxy) is 1. The molecule has 1 saturated carbocycles. The summed E-state index contributed by atoms with van der Waals surface area (Å²) in [5, 5.41) is 3.10. The van der Waals surface area contributed by atoms with E-state index in [2.05, 4.69) is 10.3 Å². The van der Waals surface area contributed by atoms with Crippen molar-refractivity contribution in [1.29, 1.82) is 0 Å². The highest BCUT2D eigenvalue weighted by Gasteiger charge is 2.27. The van der Waals surface area contributed by atoms with Crippen LogP contribution >= 0.6 is 0 Å². The maximum absolute atomic E-state index is 11.2. The van der Waals surface area contributed by atoms with Gasteiger partial charge in [-0.1, -0.05) is 12.8 Å². The Hall–Kier alpha value is -0.900. The Kier molecular flexibility index (Phi) is 4.15. The maximum Gasteiger partial charge on any atom is 0.194 e. The number of ketones is 1. The van der Waals surface area contributed by atoms with E-state index in [1.54, 1.807) is 6.92 Å². The van der Waals surface area contributed by atoms with Crippen molar-refractivity contribution < 1.29 is 9.53 Å². The monoisotopic (exact) mass is 238 g/mol. The van der Waals surface area contributed by atoms with Gasteiger partial charge in [0.15, 0.2) is 11.6 Å². The lowest BCUT2D eigenvalue weighted by Crippen LogP contribution is -2.36. The standard InChI is InChI=1S/C13H22N2O2/c1-9-12(15-13(14-9)10(2)16)8-17-7-11-5-3-4-6-11/h9,11-12H,3-8H2,1-2H3,(H,14,15).